The van der Waals surface area contributed by atoms with E-state index in [4.69, 9.17) is 23.2 Å². The van der Waals surface area contributed by atoms with E-state index in [0.717, 1.165) is 0 Å². The van der Waals surface area contributed by atoms with Crippen LogP contribution < -0.4 is 0 Å². The van der Waals surface area contributed by atoms with Crippen molar-refractivity contribution < 1.29 is 22.0 Å². The van der Waals surface area contributed by atoms with Gasteiger partial charge in [0, 0.05) is 6.66 Å². The highest BCUT2D eigenvalue weighted by Crippen LogP contribution is 2.31. The molecule has 0 saturated carbocycles. The van der Waals surface area contributed by atoms with Crippen LogP contribution in [0.1, 0.15) is 0 Å². The maximum Gasteiger partial charge on any atom is 0.326 e. The molecule has 0 N–H and O–H groups in total. The molecule has 1 rings (SSSR count). The van der Waals surface area contributed by atoms with Gasteiger partial charge in [-0.3, -0.25) is 4.57 Å². The van der Waals surface area contributed by atoms with Gasteiger partial charge in [0.25, 0.3) is 0 Å². The Kier molecular flexibility index (Phi) is 4.79. The lowest BCUT2D eigenvalue weighted by Crippen LogP contribution is -2.06. The molecule has 0 aromatic heterocycles. The lowest BCUT2D eigenvalue weighted by Gasteiger charge is -2.06. The highest BCUT2D eigenvalue weighted by molar-refractivity contribution is 7.87. The minimum absolute atomic E-state index is 0.105. The second-order valence-corrected chi connectivity index (χ2v) is 6.06. The standard InChI is InChI=1S/C7H7Cl2O5PS/c1-15(10)13-14-16(11,12)7-5(8)3-2-4-6(7)9/h2-4,15H,1H3. The molecule has 0 aliphatic heterocycles. The molecule has 9 heteroatoms. The monoisotopic (exact) mass is 304 g/mol. The summed E-state index contributed by atoms with van der Waals surface area (Å²) in [6.07, 6.45) is 0. The first-order valence-corrected chi connectivity index (χ1v) is 7.88. The second-order valence-electron chi connectivity index (χ2n) is 2.65. The Balaban J connectivity index is 3.12. The molecule has 0 spiro atoms. The van der Waals surface area contributed by atoms with Crippen molar-refractivity contribution in [1.82, 2.24) is 0 Å². The Morgan fingerprint density at radius 1 is 1.25 bits per heavy atom. The van der Waals surface area contributed by atoms with Crippen LogP contribution in [0.3, 0.4) is 0 Å². The van der Waals surface area contributed by atoms with Gasteiger partial charge in [-0.25, -0.2) is 0 Å². The third kappa shape index (κ3) is 3.45. The quantitative estimate of drug-likeness (QED) is 0.486. The molecule has 5 nitrogen and oxygen atoms in total. The minimum atomic E-state index is -4.28. The van der Waals surface area contributed by atoms with Crippen molar-refractivity contribution in [2.24, 2.45) is 0 Å². The molecule has 1 unspecified atom stereocenters. The zero-order chi connectivity index (χ0) is 12.3. The Bertz CT molecular complexity index is 495. The molecule has 0 radical (unpaired) electrons. The lowest BCUT2D eigenvalue weighted by molar-refractivity contribution is -0.0833. The number of hydrogen-bond acceptors (Lipinski definition) is 5. The molecule has 0 aliphatic carbocycles. The van der Waals surface area contributed by atoms with Crippen molar-refractivity contribution in [1.29, 1.82) is 0 Å². The van der Waals surface area contributed by atoms with Crippen LogP contribution in [-0.4, -0.2) is 15.1 Å². The summed E-state index contributed by atoms with van der Waals surface area (Å²) in [4.78, 5) is -0.415. The van der Waals surface area contributed by atoms with Crippen LogP contribution in [0.25, 0.3) is 0 Å². The van der Waals surface area contributed by atoms with Gasteiger partial charge in [0.15, 0.2) is 0 Å². The summed E-state index contributed by atoms with van der Waals surface area (Å²) >= 11 is 11.3. The second kappa shape index (κ2) is 5.49. The van der Waals surface area contributed by atoms with Crippen LogP contribution in [0.15, 0.2) is 23.1 Å². The zero-order valence-electron chi connectivity index (χ0n) is 7.94. The fourth-order valence-corrected chi connectivity index (χ4v) is 3.24. The van der Waals surface area contributed by atoms with E-state index in [0.29, 0.717) is 0 Å². The average Bonchev–Trinajstić information content (AvgIpc) is 2.14. The van der Waals surface area contributed by atoms with Gasteiger partial charge in [0.2, 0.25) is 8.03 Å². The van der Waals surface area contributed by atoms with E-state index in [1.807, 2.05) is 0 Å². The first kappa shape index (κ1) is 14.0. The predicted molar refractivity (Wildman–Crippen MR) is 60.7 cm³/mol. The van der Waals surface area contributed by atoms with E-state index in [1.54, 1.807) is 0 Å². The highest BCUT2D eigenvalue weighted by Gasteiger charge is 2.24. The Hall–Kier alpha value is -0.100. The predicted octanol–water partition coefficient (Wildman–Crippen LogP) is 2.73. The van der Waals surface area contributed by atoms with Gasteiger partial charge in [-0.15, -0.1) is 0 Å². The molecular formula is C7H7Cl2O5PS. The Morgan fingerprint density at radius 2 is 1.75 bits per heavy atom. The normalized spacial score (nSPS) is 13.7. The minimum Gasteiger partial charge on any atom is -0.294 e. The maximum atomic E-state index is 11.5. The van der Waals surface area contributed by atoms with Crippen LogP contribution in [0, 0.1) is 0 Å². The lowest BCUT2D eigenvalue weighted by atomic mass is 10.4. The maximum absolute atomic E-state index is 11.5. The SMILES string of the molecule is C[PH](=O)OOS(=O)(=O)c1c(Cl)cccc1Cl. The number of rotatable bonds is 4. The highest BCUT2D eigenvalue weighted by atomic mass is 35.5. The molecule has 0 fully saturated rings. The van der Waals surface area contributed by atoms with Crippen LogP contribution in [0.5, 0.6) is 0 Å². The smallest absolute Gasteiger partial charge is 0.294 e. The van der Waals surface area contributed by atoms with Crippen molar-refractivity contribution >= 4 is 41.3 Å². The molecule has 1 aromatic rings. The summed E-state index contributed by atoms with van der Waals surface area (Å²) in [7, 11) is -6.81. The molecule has 0 saturated heterocycles. The van der Waals surface area contributed by atoms with Crippen LogP contribution >= 0.6 is 31.2 Å². The van der Waals surface area contributed by atoms with E-state index < -0.39 is 23.0 Å². The van der Waals surface area contributed by atoms with Crippen molar-refractivity contribution in [3.8, 4) is 0 Å². The van der Waals surface area contributed by atoms with E-state index in [2.05, 4.69) is 9.01 Å². The molecular weight excluding hydrogens is 298 g/mol. The van der Waals surface area contributed by atoms with Crippen molar-refractivity contribution in [2.45, 2.75) is 4.90 Å². The molecule has 0 aliphatic rings. The summed E-state index contributed by atoms with van der Waals surface area (Å²) in [6, 6.07) is 4.14. The third-order valence-electron chi connectivity index (χ3n) is 1.41. The molecule has 1 aromatic carbocycles. The Morgan fingerprint density at radius 3 is 2.19 bits per heavy atom. The largest absolute Gasteiger partial charge is 0.326 e. The van der Waals surface area contributed by atoms with Crippen LogP contribution in [-0.2, 0) is 23.7 Å². The first-order chi connectivity index (χ1) is 7.34. The summed E-state index contributed by atoms with van der Waals surface area (Å²) in [5.41, 5.74) is 0. The van der Waals surface area contributed by atoms with Crippen molar-refractivity contribution in [2.75, 3.05) is 6.66 Å². The molecule has 90 valence electrons. The van der Waals surface area contributed by atoms with Crippen LogP contribution in [0.4, 0.5) is 0 Å². The number of halogens is 2. The number of benzene rings is 1. The van der Waals surface area contributed by atoms with Gasteiger partial charge in [0.1, 0.15) is 4.90 Å². The van der Waals surface area contributed by atoms with Gasteiger partial charge in [-0.1, -0.05) is 33.6 Å². The zero-order valence-corrected chi connectivity index (χ0v) is 11.3. The number of hydrogen-bond donors (Lipinski definition) is 0. The summed E-state index contributed by atoms with van der Waals surface area (Å²) in [5, 5.41) is -0.209. The van der Waals surface area contributed by atoms with E-state index in [9.17, 15) is 13.0 Å². The fourth-order valence-electron chi connectivity index (χ4n) is 0.848. The van der Waals surface area contributed by atoms with Gasteiger partial charge in [-0.05, 0) is 12.1 Å². The fraction of sp³-hybridized carbons (Fsp3) is 0.143. The van der Waals surface area contributed by atoms with E-state index >= 15 is 0 Å². The molecule has 0 bridgehead atoms. The summed E-state index contributed by atoms with van der Waals surface area (Å²) in [5.74, 6) is 0. The average molecular weight is 305 g/mol. The molecule has 1 atom stereocenters. The molecule has 16 heavy (non-hydrogen) atoms. The van der Waals surface area contributed by atoms with Crippen molar-refractivity contribution in [3.05, 3.63) is 28.2 Å². The van der Waals surface area contributed by atoms with Gasteiger partial charge in [-0.2, -0.15) is 13.1 Å². The third-order valence-corrected chi connectivity index (χ3v) is 3.89. The van der Waals surface area contributed by atoms with Crippen LogP contribution in [0.2, 0.25) is 10.0 Å². The van der Waals surface area contributed by atoms with Gasteiger partial charge >= 0.3 is 10.1 Å². The van der Waals surface area contributed by atoms with Gasteiger partial charge < -0.3 is 0 Å². The summed E-state index contributed by atoms with van der Waals surface area (Å²) < 4.78 is 41.9. The summed E-state index contributed by atoms with van der Waals surface area (Å²) in [6.45, 7) is 1.17. The van der Waals surface area contributed by atoms with E-state index in [-0.39, 0.29) is 10.0 Å². The Labute approximate surface area is 103 Å². The van der Waals surface area contributed by atoms with Gasteiger partial charge in [0.05, 0.1) is 10.0 Å². The van der Waals surface area contributed by atoms with Crippen molar-refractivity contribution in [3.63, 3.8) is 0 Å². The van der Waals surface area contributed by atoms with E-state index in [1.165, 1.54) is 24.9 Å². The first-order valence-electron chi connectivity index (χ1n) is 3.90. The molecule has 0 heterocycles. The molecule has 0 amide bonds. The topological polar surface area (TPSA) is 69.7 Å².